The van der Waals surface area contributed by atoms with Crippen molar-refractivity contribution in [3.8, 4) is 0 Å². The zero-order chi connectivity index (χ0) is 13.4. The Kier molecular flexibility index (Phi) is 3.10. The summed E-state index contributed by atoms with van der Waals surface area (Å²) in [5.74, 6) is 1.44. The number of fused-ring (bicyclic) bond motifs is 1. The molecule has 0 bridgehead atoms. The molecule has 102 valence electrons. The fraction of sp³-hybridized carbons (Fsp3) is 0.615. The summed E-state index contributed by atoms with van der Waals surface area (Å²) >= 11 is 0. The van der Waals surface area contributed by atoms with E-state index in [0.717, 1.165) is 36.4 Å². The van der Waals surface area contributed by atoms with Gasteiger partial charge in [-0.25, -0.2) is 4.98 Å². The second-order valence-electron chi connectivity index (χ2n) is 5.35. The van der Waals surface area contributed by atoms with E-state index in [1.807, 2.05) is 6.92 Å². The van der Waals surface area contributed by atoms with Gasteiger partial charge >= 0.3 is 0 Å². The molecule has 0 radical (unpaired) electrons. The summed E-state index contributed by atoms with van der Waals surface area (Å²) < 4.78 is 5.20. The standard InChI is InChI=1S/C13H19N5O/c1-8(14)10-4-3-5-18(6-10)12-11-9(2)17-19-13(11)16-7-15-12/h7-8,10H,3-6,14H2,1-2H3. The quantitative estimate of drug-likeness (QED) is 0.882. The smallest absolute Gasteiger partial charge is 0.263 e. The molecule has 6 heteroatoms. The van der Waals surface area contributed by atoms with Crippen LogP contribution >= 0.6 is 0 Å². The van der Waals surface area contributed by atoms with Crippen molar-refractivity contribution in [3.63, 3.8) is 0 Å². The van der Waals surface area contributed by atoms with Crippen LogP contribution in [0.25, 0.3) is 11.1 Å². The van der Waals surface area contributed by atoms with Gasteiger partial charge in [-0.15, -0.1) is 0 Å². The van der Waals surface area contributed by atoms with Gasteiger partial charge in [0.2, 0.25) is 0 Å². The number of hydrogen-bond donors (Lipinski definition) is 1. The number of aryl methyl sites for hydroxylation is 1. The number of piperidine rings is 1. The Hall–Kier alpha value is -1.69. The van der Waals surface area contributed by atoms with Crippen molar-refractivity contribution in [2.24, 2.45) is 11.7 Å². The zero-order valence-corrected chi connectivity index (χ0v) is 11.3. The molecule has 2 N–H and O–H groups in total. The second-order valence-corrected chi connectivity index (χ2v) is 5.35. The molecule has 0 saturated carbocycles. The molecule has 2 aromatic rings. The summed E-state index contributed by atoms with van der Waals surface area (Å²) in [6.45, 7) is 5.94. The maximum Gasteiger partial charge on any atom is 0.263 e. The third kappa shape index (κ3) is 2.16. The van der Waals surface area contributed by atoms with Crippen LogP contribution in [0.5, 0.6) is 0 Å². The van der Waals surface area contributed by atoms with Crippen LogP contribution in [0, 0.1) is 12.8 Å². The number of anilines is 1. The van der Waals surface area contributed by atoms with E-state index in [1.165, 1.54) is 12.7 Å². The first-order valence-corrected chi connectivity index (χ1v) is 6.74. The van der Waals surface area contributed by atoms with Crippen LogP contribution < -0.4 is 10.6 Å². The van der Waals surface area contributed by atoms with E-state index in [4.69, 9.17) is 10.3 Å². The van der Waals surface area contributed by atoms with Crippen molar-refractivity contribution in [2.75, 3.05) is 18.0 Å². The SMILES string of the molecule is Cc1noc2ncnc(N3CCCC(C(C)N)C3)c12. The summed E-state index contributed by atoms with van der Waals surface area (Å²) in [4.78, 5) is 10.8. The Labute approximate surface area is 112 Å². The minimum Gasteiger partial charge on any atom is -0.356 e. The third-order valence-electron chi connectivity index (χ3n) is 3.92. The lowest BCUT2D eigenvalue weighted by Gasteiger charge is -2.35. The van der Waals surface area contributed by atoms with Crippen molar-refractivity contribution < 1.29 is 4.52 Å². The lowest BCUT2D eigenvalue weighted by Crippen LogP contribution is -2.42. The maximum atomic E-state index is 6.04. The van der Waals surface area contributed by atoms with Gasteiger partial charge in [-0.1, -0.05) is 5.16 Å². The fourth-order valence-electron chi connectivity index (χ4n) is 2.78. The molecule has 0 aliphatic carbocycles. The first-order valence-electron chi connectivity index (χ1n) is 6.74. The summed E-state index contributed by atoms with van der Waals surface area (Å²) in [5.41, 5.74) is 7.44. The molecule has 19 heavy (non-hydrogen) atoms. The highest BCUT2D eigenvalue weighted by molar-refractivity contribution is 5.87. The normalized spacial score (nSPS) is 21.8. The Balaban J connectivity index is 1.97. The Bertz CT molecular complexity index is 579. The Morgan fingerprint density at radius 1 is 1.47 bits per heavy atom. The van der Waals surface area contributed by atoms with Gasteiger partial charge in [0.05, 0.1) is 5.69 Å². The van der Waals surface area contributed by atoms with Crippen molar-refractivity contribution in [1.82, 2.24) is 15.1 Å². The molecule has 1 aliphatic heterocycles. The van der Waals surface area contributed by atoms with Crippen molar-refractivity contribution in [1.29, 1.82) is 0 Å². The molecular weight excluding hydrogens is 242 g/mol. The summed E-state index contributed by atoms with van der Waals surface area (Å²) in [6, 6.07) is 0.212. The maximum absolute atomic E-state index is 6.04. The highest BCUT2D eigenvalue weighted by atomic mass is 16.5. The van der Waals surface area contributed by atoms with Crippen LogP contribution in [-0.2, 0) is 0 Å². The predicted molar refractivity (Wildman–Crippen MR) is 72.9 cm³/mol. The number of aromatic nitrogens is 3. The summed E-state index contributed by atoms with van der Waals surface area (Å²) in [6.07, 6.45) is 3.87. The van der Waals surface area contributed by atoms with E-state index in [-0.39, 0.29) is 6.04 Å². The molecule has 6 nitrogen and oxygen atoms in total. The molecule has 1 fully saturated rings. The minimum atomic E-state index is 0.212. The van der Waals surface area contributed by atoms with Gasteiger partial charge in [-0.2, -0.15) is 4.98 Å². The van der Waals surface area contributed by atoms with E-state index >= 15 is 0 Å². The predicted octanol–water partition coefficient (Wildman–Crippen LogP) is 1.49. The van der Waals surface area contributed by atoms with Crippen LogP contribution in [0.2, 0.25) is 0 Å². The second kappa shape index (κ2) is 4.77. The topological polar surface area (TPSA) is 81.1 Å². The molecule has 0 aromatic carbocycles. The van der Waals surface area contributed by atoms with Gasteiger partial charge in [0, 0.05) is 19.1 Å². The summed E-state index contributed by atoms with van der Waals surface area (Å²) in [5, 5.41) is 4.90. The van der Waals surface area contributed by atoms with Crippen LogP contribution in [0.15, 0.2) is 10.9 Å². The zero-order valence-electron chi connectivity index (χ0n) is 11.3. The van der Waals surface area contributed by atoms with Crippen LogP contribution in [0.4, 0.5) is 5.82 Å². The van der Waals surface area contributed by atoms with E-state index in [0.29, 0.717) is 11.6 Å². The number of nitrogens with two attached hydrogens (primary N) is 1. The molecule has 0 amide bonds. The van der Waals surface area contributed by atoms with E-state index in [9.17, 15) is 0 Å². The lowest BCUT2D eigenvalue weighted by molar-refractivity contribution is 0.363. The van der Waals surface area contributed by atoms with E-state index in [1.54, 1.807) is 0 Å². The molecule has 2 aromatic heterocycles. The van der Waals surface area contributed by atoms with E-state index in [2.05, 4.69) is 26.9 Å². The monoisotopic (exact) mass is 261 g/mol. The van der Waals surface area contributed by atoms with Crippen LogP contribution in [0.3, 0.4) is 0 Å². The van der Waals surface area contributed by atoms with Crippen LogP contribution in [-0.4, -0.2) is 34.3 Å². The molecule has 1 saturated heterocycles. The molecule has 1 aliphatic rings. The molecule has 3 rings (SSSR count). The molecular formula is C13H19N5O. The Morgan fingerprint density at radius 2 is 2.32 bits per heavy atom. The summed E-state index contributed by atoms with van der Waals surface area (Å²) in [7, 11) is 0. The highest BCUT2D eigenvalue weighted by Crippen LogP contribution is 2.29. The van der Waals surface area contributed by atoms with Gasteiger partial charge in [0.1, 0.15) is 17.5 Å². The van der Waals surface area contributed by atoms with Gasteiger partial charge in [-0.05, 0) is 32.6 Å². The van der Waals surface area contributed by atoms with Gasteiger partial charge in [0.15, 0.2) is 0 Å². The van der Waals surface area contributed by atoms with Crippen molar-refractivity contribution >= 4 is 16.9 Å². The number of rotatable bonds is 2. The van der Waals surface area contributed by atoms with Gasteiger partial charge in [0.25, 0.3) is 5.71 Å². The van der Waals surface area contributed by atoms with Crippen molar-refractivity contribution in [3.05, 3.63) is 12.0 Å². The fourth-order valence-corrected chi connectivity index (χ4v) is 2.78. The number of hydrogen-bond acceptors (Lipinski definition) is 6. The van der Waals surface area contributed by atoms with Gasteiger partial charge in [-0.3, -0.25) is 0 Å². The van der Waals surface area contributed by atoms with Crippen LogP contribution in [0.1, 0.15) is 25.5 Å². The third-order valence-corrected chi connectivity index (χ3v) is 3.92. The largest absolute Gasteiger partial charge is 0.356 e. The van der Waals surface area contributed by atoms with E-state index < -0.39 is 0 Å². The number of nitrogens with zero attached hydrogens (tertiary/aromatic N) is 4. The van der Waals surface area contributed by atoms with Gasteiger partial charge < -0.3 is 15.2 Å². The molecule has 2 atom stereocenters. The molecule has 0 spiro atoms. The lowest BCUT2D eigenvalue weighted by atomic mass is 9.92. The molecule has 3 heterocycles. The van der Waals surface area contributed by atoms with Crippen molar-refractivity contribution in [2.45, 2.75) is 32.7 Å². The Morgan fingerprint density at radius 3 is 3.11 bits per heavy atom. The average molecular weight is 261 g/mol. The average Bonchev–Trinajstić information content (AvgIpc) is 2.81. The first kappa shape index (κ1) is 12.3. The first-order chi connectivity index (χ1) is 9.16. The molecule has 2 unspecified atom stereocenters. The minimum absolute atomic E-state index is 0.212. The highest BCUT2D eigenvalue weighted by Gasteiger charge is 2.26.